The van der Waals surface area contributed by atoms with Crippen LogP contribution < -0.4 is 5.32 Å². The smallest absolute Gasteiger partial charge is 0.0628 e. The molecule has 1 N–H and O–H groups in total. The first-order valence-electron chi connectivity index (χ1n) is 4.82. The molecule has 0 amide bonds. The van der Waals surface area contributed by atoms with Gasteiger partial charge in [0, 0.05) is 26.1 Å². The molecule has 3 heteroatoms. The number of hydrogen-bond donors (Lipinski definition) is 1. The number of nitrogens with zero attached hydrogens (tertiary/aromatic N) is 1. The lowest BCUT2D eigenvalue weighted by Crippen LogP contribution is -2.34. The van der Waals surface area contributed by atoms with Crippen molar-refractivity contribution < 1.29 is 4.74 Å². The summed E-state index contributed by atoms with van der Waals surface area (Å²) in [4.78, 5) is 0. The first-order chi connectivity index (χ1) is 6.22. The van der Waals surface area contributed by atoms with Crippen LogP contribution in [0.2, 0.25) is 0 Å². The Balaban J connectivity index is 2.15. The van der Waals surface area contributed by atoms with Crippen molar-refractivity contribution in [1.29, 1.82) is 5.26 Å². The molecule has 0 radical (unpaired) electrons. The fraction of sp³-hybridized carbons (Fsp3) is 0.900. The van der Waals surface area contributed by atoms with Gasteiger partial charge in [-0.15, -0.1) is 0 Å². The predicted molar refractivity (Wildman–Crippen MR) is 51.2 cm³/mol. The Kier molecular flexibility index (Phi) is 3.71. The largest absolute Gasteiger partial charge is 0.383 e. The topological polar surface area (TPSA) is 45.0 Å². The summed E-state index contributed by atoms with van der Waals surface area (Å²) in [6, 6.07) is 2.64. The lowest BCUT2D eigenvalue weighted by Gasteiger charge is -2.17. The van der Waals surface area contributed by atoms with Gasteiger partial charge in [0.2, 0.25) is 0 Å². The van der Waals surface area contributed by atoms with Crippen LogP contribution >= 0.6 is 0 Å². The summed E-state index contributed by atoms with van der Waals surface area (Å²) in [5.74, 6) is 0. The average molecular weight is 182 g/mol. The minimum Gasteiger partial charge on any atom is -0.383 e. The number of ether oxygens (including phenoxy) is 1. The number of methoxy groups -OCH3 is 1. The molecule has 3 nitrogen and oxygen atoms in total. The van der Waals surface area contributed by atoms with Crippen LogP contribution in [0.25, 0.3) is 0 Å². The summed E-state index contributed by atoms with van der Waals surface area (Å²) >= 11 is 0. The number of nitriles is 1. The van der Waals surface area contributed by atoms with Gasteiger partial charge in [0.05, 0.1) is 12.7 Å². The molecule has 1 rings (SSSR count). The van der Waals surface area contributed by atoms with Gasteiger partial charge in [0.25, 0.3) is 0 Å². The van der Waals surface area contributed by atoms with Crippen LogP contribution in [0.5, 0.6) is 0 Å². The quantitative estimate of drug-likeness (QED) is 0.673. The zero-order valence-electron chi connectivity index (χ0n) is 8.47. The molecular weight excluding hydrogens is 164 g/mol. The molecule has 1 atom stereocenters. The van der Waals surface area contributed by atoms with E-state index in [1.807, 2.05) is 0 Å². The highest BCUT2D eigenvalue weighted by Crippen LogP contribution is 2.47. The summed E-state index contributed by atoms with van der Waals surface area (Å²) in [7, 11) is 1.71. The first-order valence-corrected chi connectivity index (χ1v) is 4.82. The molecule has 0 bridgehead atoms. The molecule has 1 fully saturated rings. The minimum atomic E-state index is 0.302. The lowest BCUT2D eigenvalue weighted by atomic mass is 10.0. The van der Waals surface area contributed by atoms with E-state index < -0.39 is 0 Å². The second-order valence-corrected chi connectivity index (χ2v) is 4.07. The average Bonchev–Trinajstić information content (AvgIpc) is 2.84. The molecule has 74 valence electrons. The maximum atomic E-state index is 8.61. The molecule has 1 aliphatic carbocycles. The summed E-state index contributed by atoms with van der Waals surface area (Å²) in [5, 5.41) is 12.0. The second-order valence-electron chi connectivity index (χ2n) is 4.07. The van der Waals surface area contributed by atoms with Gasteiger partial charge in [-0.05, 0) is 25.2 Å². The van der Waals surface area contributed by atoms with Crippen molar-refractivity contribution in [2.75, 3.05) is 20.3 Å². The van der Waals surface area contributed by atoms with E-state index in [0.717, 1.165) is 13.2 Å². The van der Waals surface area contributed by atoms with Crippen molar-refractivity contribution in [2.45, 2.75) is 32.2 Å². The SMILES string of the molecule is COCC(C)NCC1(CC#N)CC1. The third-order valence-corrected chi connectivity index (χ3v) is 2.65. The van der Waals surface area contributed by atoms with E-state index >= 15 is 0 Å². The van der Waals surface area contributed by atoms with Crippen LogP contribution in [0.1, 0.15) is 26.2 Å². The predicted octanol–water partition coefficient (Wildman–Crippen LogP) is 1.30. The molecule has 13 heavy (non-hydrogen) atoms. The standard InChI is InChI=1S/C10H18N2O/c1-9(7-13-2)12-8-10(3-4-10)5-6-11/h9,12H,3-5,7-8H2,1-2H3. The van der Waals surface area contributed by atoms with Crippen LogP contribution in [0, 0.1) is 16.7 Å². The lowest BCUT2D eigenvalue weighted by molar-refractivity contribution is 0.169. The Morgan fingerprint density at radius 3 is 2.77 bits per heavy atom. The molecule has 0 heterocycles. The van der Waals surface area contributed by atoms with Crippen LogP contribution in [-0.4, -0.2) is 26.3 Å². The van der Waals surface area contributed by atoms with Gasteiger partial charge >= 0.3 is 0 Å². The van der Waals surface area contributed by atoms with E-state index in [9.17, 15) is 0 Å². The monoisotopic (exact) mass is 182 g/mol. The molecule has 0 saturated heterocycles. The van der Waals surface area contributed by atoms with Gasteiger partial charge in [-0.25, -0.2) is 0 Å². The highest BCUT2D eigenvalue weighted by atomic mass is 16.5. The normalized spacial score (nSPS) is 20.7. The maximum Gasteiger partial charge on any atom is 0.0628 e. The maximum absolute atomic E-state index is 8.61. The molecule has 1 unspecified atom stereocenters. The molecule has 0 aromatic rings. The van der Waals surface area contributed by atoms with Crippen molar-refractivity contribution in [3.05, 3.63) is 0 Å². The third kappa shape index (κ3) is 3.33. The third-order valence-electron chi connectivity index (χ3n) is 2.65. The van der Waals surface area contributed by atoms with Gasteiger partial charge in [-0.1, -0.05) is 0 Å². The molecule has 0 spiro atoms. The summed E-state index contributed by atoms with van der Waals surface area (Å²) in [6.45, 7) is 3.81. The van der Waals surface area contributed by atoms with Gasteiger partial charge in [-0.2, -0.15) is 5.26 Å². The fourth-order valence-corrected chi connectivity index (χ4v) is 1.46. The minimum absolute atomic E-state index is 0.302. The van der Waals surface area contributed by atoms with E-state index in [2.05, 4.69) is 18.3 Å². The Morgan fingerprint density at radius 2 is 2.31 bits per heavy atom. The van der Waals surface area contributed by atoms with Gasteiger partial charge in [-0.3, -0.25) is 0 Å². The van der Waals surface area contributed by atoms with E-state index in [-0.39, 0.29) is 0 Å². The first kappa shape index (κ1) is 10.5. The molecule has 1 saturated carbocycles. The number of hydrogen-bond acceptors (Lipinski definition) is 3. The fourth-order valence-electron chi connectivity index (χ4n) is 1.46. The highest BCUT2D eigenvalue weighted by Gasteiger charge is 2.42. The molecular formula is C10H18N2O. The number of rotatable bonds is 6. The zero-order valence-corrected chi connectivity index (χ0v) is 8.47. The van der Waals surface area contributed by atoms with E-state index in [1.54, 1.807) is 7.11 Å². The molecule has 0 aromatic carbocycles. The summed E-state index contributed by atoms with van der Waals surface area (Å²) < 4.78 is 5.02. The van der Waals surface area contributed by atoms with Gasteiger partial charge in [0.1, 0.15) is 0 Å². The van der Waals surface area contributed by atoms with Gasteiger partial charge < -0.3 is 10.1 Å². The van der Waals surface area contributed by atoms with Crippen LogP contribution in [-0.2, 0) is 4.74 Å². The van der Waals surface area contributed by atoms with E-state index in [1.165, 1.54) is 12.8 Å². The van der Waals surface area contributed by atoms with Crippen molar-refractivity contribution in [3.63, 3.8) is 0 Å². The van der Waals surface area contributed by atoms with Crippen LogP contribution in [0.15, 0.2) is 0 Å². The van der Waals surface area contributed by atoms with Crippen molar-refractivity contribution in [3.8, 4) is 6.07 Å². The zero-order chi connectivity index (χ0) is 9.73. The Hall–Kier alpha value is -0.590. The Morgan fingerprint density at radius 1 is 1.62 bits per heavy atom. The van der Waals surface area contributed by atoms with Gasteiger partial charge in [0.15, 0.2) is 0 Å². The molecule has 0 aliphatic heterocycles. The van der Waals surface area contributed by atoms with E-state index in [0.29, 0.717) is 17.9 Å². The van der Waals surface area contributed by atoms with Crippen molar-refractivity contribution in [2.24, 2.45) is 5.41 Å². The second kappa shape index (κ2) is 4.59. The van der Waals surface area contributed by atoms with Crippen molar-refractivity contribution in [1.82, 2.24) is 5.32 Å². The Labute approximate surface area is 80.1 Å². The summed E-state index contributed by atoms with van der Waals surface area (Å²) in [5.41, 5.74) is 0.302. The Bertz CT molecular complexity index is 194. The van der Waals surface area contributed by atoms with E-state index in [4.69, 9.17) is 10.00 Å². The summed E-state index contributed by atoms with van der Waals surface area (Å²) in [6.07, 6.45) is 3.10. The van der Waals surface area contributed by atoms with Crippen molar-refractivity contribution >= 4 is 0 Å². The number of nitrogens with one attached hydrogen (secondary N) is 1. The highest BCUT2D eigenvalue weighted by molar-refractivity contribution is 5.00. The molecule has 1 aliphatic rings. The molecule has 0 aromatic heterocycles. The van der Waals surface area contributed by atoms with Crippen LogP contribution in [0.3, 0.4) is 0 Å². The van der Waals surface area contributed by atoms with Crippen LogP contribution in [0.4, 0.5) is 0 Å².